The van der Waals surface area contributed by atoms with Gasteiger partial charge in [-0.1, -0.05) is 72.8 Å². The van der Waals surface area contributed by atoms with E-state index in [0.29, 0.717) is 0 Å². The Hall–Kier alpha value is -3.47. The van der Waals surface area contributed by atoms with E-state index < -0.39 is 23.9 Å². The van der Waals surface area contributed by atoms with Gasteiger partial charge in [0.2, 0.25) is 0 Å². The van der Waals surface area contributed by atoms with Gasteiger partial charge < -0.3 is 10.1 Å². The number of benzene rings is 3. The summed E-state index contributed by atoms with van der Waals surface area (Å²) in [6.07, 6.45) is -0.977. The number of carbonyl (C=O) groups excluding carboxylic acids is 2. The zero-order valence-electron chi connectivity index (χ0n) is 16.9. The van der Waals surface area contributed by atoms with Crippen LogP contribution in [0.4, 0.5) is 4.39 Å². The smallest absolute Gasteiger partial charge is 0.318 e. The maximum Gasteiger partial charge on any atom is 0.318 e. The summed E-state index contributed by atoms with van der Waals surface area (Å²) in [6.45, 7) is 3.33. The monoisotopic (exact) mass is 405 g/mol. The van der Waals surface area contributed by atoms with Gasteiger partial charge in [-0.2, -0.15) is 0 Å². The summed E-state index contributed by atoms with van der Waals surface area (Å²) in [4.78, 5) is 25.6. The lowest BCUT2D eigenvalue weighted by molar-refractivity contribution is -0.155. The topological polar surface area (TPSA) is 55.4 Å². The SMILES string of the molecule is C[C@H](OC(=O)C(c1ccccc1)c1ccccc1)C(=O)N[C@@H](C)c1ccc(F)cc1. The van der Waals surface area contributed by atoms with Crippen molar-refractivity contribution in [1.29, 1.82) is 0 Å². The van der Waals surface area contributed by atoms with E-state index in [1.54, 1.807) is 19.1 Å². The predicted molar refractivity (Wildman–Crippen MR) is 113 cm³/mol. The molecule has 0 spiro atoms. The summed E-state index contributed by atoms with van der Waals surface area (Å²) in [6, 6.07) is 24.2. The highest BCUT2D eigenvalue weighted by atomic mass is 19.1. The molecule has 0 saturated heterocycles. The molecular formula is C25H24FNO3. The number of hydrogen-bond donors (Lipinski definition) is 1. The van der Waals surface area contributed by atoms with Crippen molar-refractivity contribution in [1.82, 2.24) is 5.32 Å². The van der Waals surface area contributed by atoms with Crippen LogP contribution in [0.25, 0.3) is 0 Å². The Morgan fingerprint density at radius 3 is 1.77 bits per heavy atom. The highest BCUT2D eigenvalue weighted by molar-refractivity contribution is 5.87. The molecule has 2 atom stereocenters. The number of rotatable bonds is 7. The molecule has 5 heteroatoms. The summed E-state index contributed by atoms with van der Waals surface area (Å²) in [5, 5.41) is 2.80. The second-order valence-corrected chi connectivity index (χ2v) is 7.12. The largest absolute Gasteiger partial charge is 0.452 e. The fourth-order valence-electron chi connectivity index (χ4n) is 3.22. The lowest BCUT2D eigenvalue weighted by atomic mass is 9.91. The molecule has 154 valence electrons. The predicted octanol–water partition coefficient (Wildman–Crippen LogP) is 4.77. The third-order valence-corrected chi connectivity index (χ3v) is 4.89. The van der Waals surface area contributed by atoms with Crippen LogP contribution in [0.2, 0.25) is 0 Å². The molecule has 0 aliphatic carbocycles. The first-order valence-electron chi connectivity index (χ1n) is 9.82. The van der Waals surface area contributed by atoms with Gasteiger partial charge in [-0.15, -0.1) is 0 Å². The molecule has 0 bridgehead atoms. The minimum atomic E-state index is -0.977. The third-order valence-electron chi connectivity index (χ3n) is 4.89. The van der Waals surface area contributed by atoms with Gasteiger partial charge in [0.25, 0.3) is 5.91 Å². The molecule has 1 N–H and O–H groups in total. The molecule has 3 rings (SSSR count). The lowest BCUT2D eigenvalue weighted by Crippen LogP contribution is -2.38. The molecule has 3 aromatic rings. The molecule has 0 aromatic heterocycles. The molecule has 0 aliphatic rings. The first-order chi connectivity index (χ1) is 14.5. The number of esters is 1. The average molecular weight is 405 g/mol. The zero-order chi connectivity index (χ0) is 21.5. The normalized spacial score (nSPS) is 12.8. The van der Waals surface area contributed by atoms with Crippen LogP contribution in [-0.4, -0.2) is 18.0 Å². The first-order valence-corrected chi connectivity index (χ1v) is 9.82. The van der Waals surface area contributed by atoms with Gasteiger partial charge in [-0.3, -0.25) is 9.59 Å². The number of halogens is 1. The van der Waals surface area contributed by atoms with Crippen LogP contribution >= 0.6 is 0 Å². The lowest BCUT2D eigenvalue weighted by Gasteiger charge is -2.22. The number of carbonyl (C=O) groups is 2. The molecular weight excluding hydrogens is 381 g/mol. The van der Waals surface area contributed by atoms with E-state index in [0.717, 1.165) is 16.7 Å². The maximum atomic E-state index is 13.1. The Kier molecular flexibility index (Phi) is 6.96. The molecule has 0 heterocycles. The summed E-state index contributed by atoms with van der Waals surface area (Å²) >= 11 is 0. The molecule has 0 aliphatic heterocycles. The van der Waals surface area contributed by atoms with Crippen LogP contribution < -0.4 is 5.32 Å². The van der Waals surface area contributed by atoms with Crippen molar-refractivity contribution in [2.75, 3.05) is 0 Å². The number of hydrogen-bond acceptors (Lipinski definition) is 3. The van der Waals surface area contributed by atoms with E-state index in [2.05, 4.69) is 5.32 Å². The van der Waals surface area contributed by atoms with Gasteiger partial charge in [0.1, 0.15) is 11.7 Å². The van der Waals surface area contributed by atoms with E-state index in [1.807, 2.05) is 60.7 Å². The van der Waals surface area contributed by atoms with Crippen molar-refractivity contribution >= 4 is 11.9 Å². The van der Waals surface area contributed by atoms with Gasteiger partial charge >= 0.3 is 5.97 Å². The van der Waals surface area contributed by atoms with Crippen LogP contribution in [0.5, 0.6) is 0 Å². The van der Waals surface area contributed by atoms with Gasteiger partial charge in [0.15, 0.2) is 6.10 Å². The summed E-state index contributed by atoms with van der Waals surface area (Å²) in [5.41, 5.74) is 2.34. The molecule has 1 amide bonds. The second-order valence-electron chi connectivity index (χ2n) is 7.12. The Labute approximate surface area is 175 Å². The van der Waals surface area contributed by atoms with E-state index >= 15 is 0 Å². The highest BCUT2D eigenvalue weighted by Gasteiger charge is 2.28. The van der Waals surface area contributed by atoms with Crippen molar-refractivity contribution in [2.24, 2.45) is 0 Å². The Morgan fingerprint density at radius 2 is 1.27 bits per heavy atom. The fourth-order valence-corrected chi connectivity index (χ4v) is 3.22. The zero-order valence-corrected chi connectivity index (χ0v) is 16.9. The molecule has 0 radical (unpaired) electrons. The maximum absolute atomic E-state index is 13.1. The van der Waals surface area contributed by atoms with Crippen LogP contribution in [0.15, 0.2) is 84.9 Å². The second kappa shape index (κ2) is 9.83. The number of nitrogens with one attached hydrogen (secondary N) is 1. The first kappa shape index (κ1) is 21.2. The minimum Gasteiger partial charge on any atom is -0.452 e. The van der Waals surface area contributed by atoms with Gasteiger partial charge in [-0.25, -0.2) is 4.39 Å². The summed E-state index contributed by atoms with van der Waals surface area (Å²) < 4.78 is 18.6. The van der Waals surface area contributed by atoms with Crippen LogP contribution in [0.3, 0.4) is 0 Å². The van der Waals surface area contributed by atoms with Gasteiger partial charge in [0, 0.05) is 0 Å². The average Bonchev–Trinajstić information content (AvgIpc) is 2.75. The van der Waals surface area contributed by atoms with Crippen molar-refractivity contribution in [3.8, 4) is 0 Å². The number of amides is 1. The van der Waals surface area contributed by atoms with Gasteiger partial charge in [0.05, 0.1) is 6.04 Å². The van der Waals surface area contributed by atoms with E-state index in [9.17, 15) is 14.0 Å². The molecule has 30 heavy (non-hydrogen) atoms. The third kappa shape index (κ3) is 5.32. The van der Waals surface area contributed by atoms with Crippen molar-refractivity contribution in [2.45, 2.75) is 31.9 Å². The van der Waals surface area contributed by atoms with Crippen molar-refractivity contribution < 1.29 is 18.7 Å². The molecule has 4 nitrogen and oxygen atoms in total. The molecule has 0 fully saturated rings. The Bertz CT molecular complexity index is 935. The Balaban J connectivity index is 1.70. The molecule has 3 aromatic carbocycles. The molecule has 0 unspecified atom stereocenters. The summed E-state index contributed by atoms with van der Waals surface area (Å²) in [7, 11) is 0. The van der Waals surface area contributed by atoms with Crippen LogP contribution in [0, 0.1) is 5.82 Å². The molecule has 0 saturated carbocycles. The summed E-state index contributed by atoms with van der Waals surface area (Å²) in [5.74, 6) is -1.88. The van der Waals surface area contributed by atoms with E-state index in [-0.39, 0.29) is 11.9 Å². The van der Waals surface area contributed by atoms with E-state index in [1.165, 1.54) is 19.1 Å². The minimum absolute atomic E-state index is 0.340. The van der Waals surface area contributed by atoms with Crippen molar-refractivity contribution in [3.05, 3.63) is 107 Å². The van der Waals surface area contributed by atoms with E-state index in [4.69, 9.17) is 4.74 Å². The van der Waals surface area contributed by atoms with Crippen LogP contribution in [-0.2, 0) is 14.3 Å². The van der Waals surface area contributed by atoms with Crippen molar-refractivity contribution in [3.63, 3.8) is 0 Å². The van der Waals surface area contributed by atoms with Crippen LogP contribution in [0.1, 0.15) is 42.5 Å². The van der Waals surface area contributed by atoms with Gasteiger partial charge in [-0.05, 0) is 42.7 Å². The quantitative estimate of drug-likeness (QED) is 0.576. The Morgan fingerprint density at radius 1 is 0.767 bits per heavy atom. The fraction of sp³-hybridized carbons (Fsp3) is 0.200. The number of ether oxygens (including phenoxy) is 1. The standard InChI is InChI=1S/C25H24FNO3/c1-17(19-13-15-22(26)16-14-19)27-24(28)18(2)30-25(29)23(20-9-5-3-6-10-20)21-11-7-4-8-12-21/h3-18,23H,1-2H3,(H,27,28)/t17-,18-/m0/s1. The highest BCUT2D eigenvalue weighted by Crippen LogP contribution is 2.26.